The molecule has 0 aliphatic heterocycles. The van der Waals surface area contributed by atoms with Gasteiger partial charge in [0.05, 0.1) is 6.20 Å². The molecule has 0 spiro atoms. The van der Waals surface area contributed by atoms with Crippen molar-refractivity contribution in [3.8, 4) is 0 Å². The molecule has 106 valence electrons. The van der Waals surface area contributed by atoms with E-state index in [-0.39, 0.29) is 11.7 Å². The Hall–Kier alpha value is -1.29. The molecule has 0 aromatic carbocycles. The number of Topliss-reactive ketones (excluding diaryl/α,β-unsaturated/α-hetero) is 1. The summed E-state index contributed by atoms with van der Waals surface area (Å²) in [6.07, 6.45) is 4.65. The Balaban J connectivity index is 2.46. The van der Waals surface area contributed by atoms with Gasteiger partial charge in [0.25, 0.3) is 0 Å². The largest absolute Gasteiger partial charge is 0.306 e. The van der Waals surface area contributed by atoms with Gasteiger partial charge in [0.15, 0.2) is 5.78 Å². The molecule has 1 atom stereocenters. The summed E-state index contributed by atoms with van der Waals surface area (Å²) in [5, 5.41) is 0. The van der Waals surface area contributed by atoms with Crippen LogP contribution < -0.4 is 0 Å². The van der Waals surface area contributed by atoms with Crippen molar-refractivity contribution in [2.24, 2.45) is 5.92 Å². The van der Waals surface area contributed by atoms with Gasteiger partial charge in [-0.05, 0) is 32.1 Å². The molecule has 1 aromatic rings. The molecule has 0 bridgehead atoms. The lowest BCUT2D eigenvalue weighted by Crippen LogP contribution is -2.30. The number of hydrogen-bond acceptors (Lipinski definition) is 3. The highest BCUT2D eigenvalue weighted by molar-refractivity contribution is 5.95. The van der Waals surface area contributed by atoms with E-state index < -0.39 is 5.82 Å². The quantitative estimate of drug-likeness (QED) is 0.535. The summed E-state index contributed by atoms with van der Waals surface area (Å²) in [5.41, 5.74) is 0.343. The molecule has 0 aliphatic carbocycles. The minimum Gasteiger partial charge on any atom is -0.306 e. The first-order valence-electron chi connectivity index (χ1n) is 6.89. The third-order valence-corrected chi connectivity index (χ3v) is 3.16. The molecule has 1 heterocycles. The molecule has 0 aliphatic rings. The van der Waals surface area contributed by atoms with Gasteiger partial charge in [0.2, 0.25) is 0 Å². The van der Waals surface area contributed by atoms with Crippen LogP contribution in [0.25, 0.3) is 0 Å². The smallest absolute Gasteiger partial charge is 0.185 e. The Labute approximate surface area is 114 Å². The summed E-state index contributed by atoms with van der Waals surface area (Å²) < 4.78 is 12.8. The van der Waals surface area contributed by atoms with Crippen molar-refractivity contribution in [2.45, 2.75) is 33.1 Å². The normalized spacial score (nSPS) is 12.7. The highest BCUT2D eigenvalue weighted by atomic mass is 19.1. The highest BCUT2D eigenvalue weighted by Gasteiger charge is 2.18. The number of ketones is 1. The van der Waals surface area contributed by atoms with Crippen molar-refractivity contribution in [2.75, 3.05) is 20.1 Å². The summed E-state index contributed by atoms with van der Waals surface area (Å²) in [6, 6.07) is 2.73. The van der Waals surface area contributed by atoms with Gasteiger partial charge >= 0.3 is 0 Å². The maximum absolute atomic E-state index is 12.8. The van der Waals surface area contributed by atoms with Crippen molar-refractivity contribution in [3.63, 3.8) is 0 Å². The predicted octanol–water partition coefficient (Wildman–Crippen LogP) is 3.16. The molecule has 0 N–H and O–H groups in total. The van der Waals surface area contributed by atoms with Gasteiger partial charge in [-0.15, -0.1) is 0 Å². The fourth-order valence-electron chi connectivity index (χ4n) is 2.05. The van der Waals surface area contributed by atoms with Crippen LogP contribution in [0.2, 0.25) is 0 Å². The Bertz CT molecular complexity index is 392. The summed E-state index contributed by atoms with van der Waals surface area (Å²) >= 11 is 0. The zero-order valence-corrected chi connectivity index (χ0v) is 12.0. The Kier molecular flexibility index (Phi) is 6.64. The van der Waals surface area contributed by atoms with Crippen LogP contribution in [0.5, 0.6) is 0 Å². The van der Waals surface area contributed by atoms with E-state index in [1.165, 1.54) is 25.0 Å². The molecular weight excluding hydrogens is 243 g/mol. The van der Waals surface area contributed by atoms with E-state index in [4.69, 9.17) is 0 Å². The first-order valence-corrected chi connectivity index (χ1v) is 6.89. The topological polar surface area (TPSA) is 33.2 Å². The molecule has 1 unspecified atom stereocenters. The van der Waals surface area contributed by atoms with E-state index in [1.54, 1.807) is 0 Å². The molecule has 0 amide bonds. The number of unbranched alkanes of at least 4 members (excludes halogenated alkanes) is 2. The SMILES string of the molecule is CCCCCN(C)CC(C)C(=O)c1ccc(F)cn1. The van der Waals surface area contributed by atoms with Gasteiger partial charge in [-0.25, -0.2) is 4.39 Å². The third-order valence-electron chi connectivity index (χ3n) is 3.16. The van der Waals surface area contributed by atoms with Gasteiger partial charge in [-0.2, -0.15) is 0 Å². The molecule has 4 heteroatoms. The van der Waals surface area contributed by atoms with E-state index in [2.05, 4.69) is 16.8 Å². The van der Waals surface area contributed by atoms with E-state index in [1.807, 2.05) is 14.0 Å². The first-order chi connectivity index (χ1) is 9.04. The zero-order chi connectivity index (χ0) is 14.3. The first kappa shape index (κ1) is 15.8. The van der Waals surface area contributed by atoms with Crippen molar-refractivity contribution in [1.82, 2.24) is 9.88 Å². The predicted molar refractivity (Wildman–Crippen MR) is 74.7 cm³/mol. The van der Waals surface area contributed by atoms with Crippen LogP contribution in [0.3, 0.4) is 0 Å². The Morgan fingerprint density at radius 1 is 1.42 bits per heavy atom. The summed E-state index contributed by atoms with van der Waals surface area (Å²) in [4.78, 5) is 18.1. The highest BCUT2D eigenvalue weighted by Crippen LogP contribution is 2.09. The van der Waals surface area contributed by atoms with Crippen LogP contribution in [0.4, 0.5) is 4.39 Å². The zero-order valence-electron chi connectivity index (χ0n) is 12.0. The molecule has 0 fully saturated rings. The van der Waals surface area contributed by atoms with Gasteiger partial charge < -0.3 is 4.90 Å². The maximum Gasteiger partial charge on any atom is 0.185 e. The number of rotatable bonds is 8. The fourth-order valence-corrected chi connectivity index (χ4v) is 2.05. The standard InChI is InChI=1S/C15H23FN2O/c1-4-5-6-9-18(3)11-12(2)15(19)14-8-7-13(16)10-17-14/h7-8,10,12H,4-6,9,11H2,1-3H3. The summed E-state index contributed by atoms with van der Waals surface area (Å²) in [6.45, 7) is 5.78. The molecular formula is C15H23FN2O. The number of carbonyl (C=O) groups is 1. The molecule has 19 heavy (non-hydrogen) atoms. The van der Waals surface area contributed by atoms with Crippen molar-refractivity contribution < 1.29 is 9.18 Å². The maximum atomic E-state index is 12.8. The Morgan fingerprint density at radius 3 is 2.74 bits per heavy atom. The van der Waals surface area contributed by atoms with Crippen LogP contribution in [-0.4, -0.2) is 35.8 Å². The minimum atomic E-state index is -0.416. The van der Waals surface area contributed by atoms with E-state index in [0.29, 0.717) is 12.2 Å². The van der Waals surface area contributed by atoms with Gasteiger partial charge in [0.1, 0.15) is 11.5 Å². The van der Waals surface area contributed by atoms with E-state index >= 15 is 0 Å². The lowest BCUT2D eigenvalue weighted by Gasteiger charge is -2.20. The van der Waals surface area contributed by atoms with Gasteiger partial charge in [-0.3, -0.25) is 9.78 Å². The summed E-state index contributed by atoms with van der Waals surface area (Å²) in [7, 11) is 2.03. The third kappa shape index (κ3) is 5.47. The number of carbonyl (C=O) groups excluding carboxylic acids is 1. The molecule has 3 nitrogen and oxygen atoms in total. The number of nitrogens with zero attached hydrogens (tertiary/aromatic N) is 2. The Morgan fingerprint density at radius 2 is 2.16 bits per heavy atom. The van der Waals surface area contributed by atoms with Gasteiger partial charge in [-0.1, -0.05) is 26.7 Å². The minimum absolute atomic E-state index is 0.0256. The fraction of sp³-hybridized carbons (Fsp3) is 0.600. The number of hydrogen-bond donors (Lipinski definition) is 0. The lowest BCUT2D eigenvalue weighted by molar-refractivity contribution is 0.0897. The van der Waals surface area contributed by atoms with E-state index in [9.17, 15) is 9.18 Å². The van der Waals surface area contributed by atoms with Crippen LogP contribution in [0.15, 0.2) is 18.3 Å². The van der Waals surface area contributed by atoms with Crippen molar-refractivity contribution >= 4 is 5.78 Å². The molecule has 0 saturated carbocycles. The van der Waals surface area contributed by atoms with Crippen LogP contribution in [-0.2, 0) is 0 Å². The summed E-state index contributed by atoms with van der Waals surface area (Å²) in [5.74, 6) is -0.562. The van der Waals surface area contributed by atoms with Crippen LogP contribution >= 0.6 is 0 Å². The second kappa shape index (κ2) is 8.00. The van der Waals surface area contributed by atoms with Crippen LogP contribution in [0.1, 0.15) is 43.6 Å². The van der Waals surface area contributed by atoms with Crippen molar-refractivity contribution in [1.29, 1.82) is 0 Å². The number of aromatic nitrogens is 1. The molecule has 0 radical (unpaired) electrons. The monoisotopic (exact) mass is 266 g/mol. The number of halogens is 1. The van der Waals surface area contributed by atoms with Crippen molar-refractivity contribution in [3.05, 3.63) is 29.8 Å². The number of pyridine rings is 1. The average molecular weight is 266 g/mol. The molecule has 0 saturated heterocycles. The van der Waals surface area contributed by atoms with Crippen LogP contribution in [0, 0.1) is 11.7 Å². The molecule has 1 rings (SSSR count). The molecule has 1 aromatic heterocycles. The van der Waals surface area contributed by atoms with E-state index in [0.717, 1.165) is 19.2 Å². The van der Waals surface area contributed by atoms with Gasteiger partial charge in [0, 0.05) is 12.5 Å². The lowest BCUT2D eigenvalue weighted by atomic mass is 10.0. The second-order valence-corrected chi connectivity index (χ2v) is 5.10. The second-order valence-electron chi connectivity index (χ2n) is 5.10. The average Bonchev–Trinajstić information content (AvgIpc) is 2.39.